The number of hydrogen-bond acceptors (Lipinski definition) is 4. The molecular formula is C20H30O4. The summed E-state index contributed by atoms with van der Waals surface area (Å²) in [5, 5.41) is 22.3. The van der Waals surface area contributed by atoms with E-state index in [1.165, 1.54) is 6.42 Å². The van der Waals surface area contributed by atoms with Crippen molar-refractivity contribution in [2.24, 2.45) is 28.1 Å². The molecule has 1 heterocycles. The molecule has 0 aromatic heterocycles. The van der Waals surface area contributed by atoms with Crippen molar-refractivity contribution in [1.82, 2.24) is 0 Å². The van der Waals surface area contributed by atoms with Crippen LogP contribution in [-0.2, 0) is 9.53 Å². The number of cyclic esters (lactones) is 1. The topological polar surface area (TPSA) is 66.8 Å². The van der Waals surface area contributed by atoms with E-state index in [-0.39, 0.29) is 29.3 Å². The largest absolute Gasteiger partial charge is 0.458 e. The van der Waals surface area contributed by atoms with Gasteiger partial charge in [-0.15, -0.1) is 0 Å². The molecular weight excluding hydrogens is 304 g/mol. The van der Waals surface area contributed by atoms with Gasteiger partial charge >= 0.3 is 5.97 Å². The highest BCUT2D eigenvalue weighted by atomic mass is 16.5. The molecule has 0 aromatic rings. The minimum Gasteiger partial charge on any atom is -0.458 e. The van der Waals surface area contributed by atoms with Crippen LogP contribution in [0.4, 0.5) is 0 Å². The molecule has 0 aromatic carbocycles. The third-order valence-electron chi connectivity index (χ3n) is 8.19. The Morgan fingerprint density at radius 1 is 1.12 bits per heavy atom. The van der Waals surface area contributed by atoms with Crippen molar-refractivity contribution < 1.29 is 19.7 Å². The lowest BCUT2D eigenvalue weighted by Gasteiger charge is -2.66. The number of aliphatic hydroxyl groups excluding tert-OH is 2. The molecule has 0 bridgehead atoms. The molecule has 2 saturated carbocycles. The molecule has 4 nitrogen and oxygen atoms in total. The van der Waals surface area contributed by atoms with Crippen LogP contribution in [0.2, 0.25) is 0 Å². The van der Waals surface area contributed by atoms with Gasteiger partial charge in [-0.3, -0.25) is 0 Å². The zero-order valence-corrected chi connectivity index (χ0v) is 15.3. The summed E-state index contributed by atoms with van der Waals surface area (Å²) in [7, 11) is 0. The average Bonchev–Trinajstić information content (AvgIpc) is 2.83. The lowest BCUT2D eigenvalue weighted by atomic mass is 9.39. The normalized spacial score (nSPS) is 50.0. The van der Waals surface area contributed by atoms with Gasteiger partial charge in [-0.05, 0) is 41.6 Å². The first-order chi connectivity index (χ1) is 11.1. The molecule has 4 rings (SSSR count). The van der Waals surface area contributed by atoms with E-state index < -0.39 is 17.6 Å². The van der Waals surface area contributed by atoms with E-state index in [0.717, 1.165) is 24.8 Å². The van der Waals surface area contributed by atoms with Crippen LogP contribution < -0.4 is 0 Å². The number of carbonyl (C=O) groups excluding carboxylic acids is 1. The zero-order chi connectivity index (χ0) is 17.5. The summed E-state index contributed by atoms with van der Waals surface area (Å²) >= 11 is 0. The van der Waals surface area contributed by atoms with Crippen molar-refractivity contribution in [2.75, 3.05) is 6.61 Å². The molecule has 4 heteroatoms. The second-order valence-corrected chi connectivity index (χ2v) is 9.72. The first kappa shape index (κ1) is 16.6. The Kier molecular flexibility index (Phi) is 3.35. The molecule has 3 aliphatic carbocycles. The fourth-order valence-corrected chi connectivity index (χ4v) is 7.16. The van der Waals surface area contributed by atoms with Crippen LogP contribution in [0, 0.1) is 28.1 Å². The minimum absolute atomic E-state index is 0.0146. The van der Waals surface area contributed by atoms with Crippen LogP contribution >= 0.6 is 0 Å². The molecule has 2 N–H and O–H groups in total. The molecule has 24 heavy (non-hydrogen) atoms. The molecule has 2 fully saturated rings. The van der Waals surface area contributed by atoms with Gasteiger partial charge in [-0.2, -0.15) is 0 Å². The summed E-state index contributed by atoms with van der Waals surface area (Å²) in [4.78, 5) is 12.1. The highest BCUT2D eigenvalue weighted by molar-refractivity contribution is 5.92. The first-order valence-electron chi connectivity index (χ1n) is 9.38. The van der Waals surface area contributed by atoms with Crippen LogP contribution in [-0.4, -0.2) is 35.0 Å². The van der Waals surface area contributed by atoms with Crippen LogP contribution in [0.5, 0.6) is 0 Å². The van der Waals surface area contributed by atoms with Crippen molar-refractivity contribution in [1.29, 1.82) is 0 Å². The van der Waals surface area contributed by atoms with E-state index in [2.05, 4.69) is 27.7 Å². The van der Waals surface area contributed by atoms with Crippen molar-refractivity contribution in [2.45, 2.75) is 72.0 Å². The Hall–Kier alpha value is -0.870. The van der Waals surface area contributed by atoms with Crippen LogP contribution in [0.15, 0.2) is 11.1 Å². The lowest BCUT2D eigenvalue weighted by molar-refractivity contribution is -0.203. The molecule has 6 atom stereocenters. The van der Waals surface area contributed by atoms with Crippen LogP contribution in [0.1, 0.15) is 59.8 Å². The lowest BCUT2D eigenvalue weighted by Crippen LogP contribution is -2.65. The summed E-state index contributed by atoms with van der Waals surface area (Å²) in [5.74, 6) is 0.0698. The predicted octanol–water partition coefficient (Wildman–Crippen LogP) is 2.82. The highest BCUT2D eigenvalue weighted by Crippen LogP contribution is 2.68. The van der Waals surface area contributed by atoms with Gasteiger partial charge < -0.3 is 14.9 Å². The fourth-order valence-electron chi connectivity index (χ4n) is 7.16. The number of esters is 1. The monoisotopic (exact) mass is 334 g/mol. The van der Waals surface area contributed by atoms with Gasteiger partial charge in [0.1, 0.15) is 6.61 Å². The number of hydrogen-bond donors (Lipinski definition) is 2. The van der Waals surface area contributed by atoms with Gasteiger partial charge in [-0.1, -0.05) is 34.1 Å². The smallest absolute Gasteiger partial charge is 0.334 e. The summed E-state index contributed by atoms with van der Waals surface area (Å²) in [6, 6.07) is 0. The number of rotatable bonds is 0. The second kappa shape index (κ2) is 4.85. The number of fused-ring (bicyclic) bond motifs is 4. The predicted molar refractivity (Wildman–Crippen MR) is 90.1 cm³/mol. The molecule has 4 aliphatic rings. The molecule has 0 spiro atoms. The maximum atomic E-state index is 12.1. The quantitative estimate of drug-likeness (QED) is 0.669. The van der Waals surface area contributed by atoms with E-state index in [0.29, 0.717) is 17.9 Å². The fraction of sp³-hybridized carbons (Fsp3) is 0.850. The van der Waals surface area contributed by atoms with E-state index in [4.69, 9.17) is 4.74 Å². The third-order valence-corrected chi connectivity index (χ3v) is 8.19. The Morgan fingerprint density at radius 2 is 1.83 bits per heavy atom. The minimum atomic E-state index is -0.587. The number of aliphatic hydroxyl groups is 2. The second-order valence-electron chi connectivity index (χ2n) is 9.72. The molecule has 0 saturated heterocycles. The average molecular weight is 334 g/mol. The Morgan fingerprint density at radius 3 is 2.54 bits per heavy atom. The summed E-state index contributed by atoms with van der Waals surface area (Å²) < 4.78 is 5.29. The molecule has 134 valence electrons. The van der Waals surface area contributed by atoms with Gasteiger partial charge in [0.15, 0.2) is 0 Å². The van der Waals surface area contributed by atoms with Crippen molar-refractivity contribution >= 4 is 5.97 Å². The van der Waals surface area contributed by atoms with Crippen LogP contribution in [0.25, 0.3) is 0 Å². The zero-order valence-electron chi connectivity index (χ0n) is 15.3. The van der Waals surface area contributed by atoms with Crippen molar-refractivity contribution in [3.05, 3.63) is 11.1 Å². The number of ether oxygens (including phenoxy) is 1. The van der Waals surface area contributed by atoms with Gasteiger partial charge in [0, 0.05) is 23.3 Å². The highest BCUT2D eigenvalue weighted by Gasteiger charge is 2.66. The van der Waals surface area contributed by atoms with E-state index in [1.807, 2.05) is 0 Å². The maximum absolute atomic E-state index is 12.1. The standard InChI is InChI=1S/C20H30O4/c1-18(2)6-5-7-19(3)14(18)9-15(22)20(4)12-10-24-17(23)11(12)8-13(21)16(19)20/h13-16,21-22H,5-10H2,1-4H3/t13-,14-,15-,16+,19-,20+/m0/s1. The van der Waals surface area contributed by atoms with Gasteiger partial charge in [0.05, 0.1) is 12.2 Å². The van der Waals surface area contributed by atoms with E-state index >= 15 is 0 Å². The summed E-state index contributed by atoms with van der Waals surface area (Å²) in [6.07, 6.45) is 3.43. The summed E-state index contributed by atoms with van der Waals surface area (Å²) in [6.45, 7) is 9.29. The molecule has 1 aliphatic heterocycles. The summed E-state index contributed by atoms with van der Waals surface area (Å²) in [5.41, 5.74) is 1.18. The third kappa shape index (κ3) is 1.84. The van der Waals surface area contributed by atoms with Crippen molar-refractivity contribution in [3.63, 3.8) is 0 Å². The Bertz CT molecular complexity index is 621. The number of carbonyl (C=O) groups is 1. The van der Waals surface area contributed by atoms with E-state index in [9.17, 15) is 15.0 Å². The Labute approximate surface area is 144 Å². The van der Waals surface area contributed by atoms with Crippen molar-refractivity contribution in [3.8, 4) is 0 Å². The maximum Gasteiger partial charge on any atom is 0.334 e. The van der Waals surface area contributed by atoms with Gasteiger partial charge in [0.25, 0.3) is 0 Å². The van der Waals surface area contributed by atoms with Gasteiger partial charge in [-0.25, -0.2) is 4.79 Å². The SMILES string of the molecule is CC1(C)CCC[C@]2(C)[C@H]3[C@@H](O)CC4=C(COC4=O)[C@]3(C)[C@@H](O)C[C@@H]12. The van der Waals surface area contributed by atoms with E-state index in [1.54, 1.807) is 0 Å². The Balaban J connectivity index is 1.87. The first-order valence-corrected chi connectivity index (χ1v) is 9.38. The van der Waals surface area contributed by atoms with Crippen LogP contribution in [0.3, 0.4) is 0 Å². The van der Waals surface area contributed by atoms with Gasteiger partial charge in [0.2, 0.25) is 0 Å². The molecule has 0 radical (unpaired) electrons. The molecule has 0 amide bonds. The molecule has 0 unspecified atom stereocenters.